The molecule has 0 aliphatic heterocycles. The zero-order valence-corrected chi connectivity index (χ0v) is 17.9. The van der Waals surface area contributed by atoms with Crippen LogP contribution in [0.1, 0.15) is 33.2 Å². The van der Waals surface area contributed by atoms with Gasteiger partial charge in [-0.1, -0.05) is 18.2 Å². The SMILES string of the molecule is Cc1ccccc1C(=O)Nc1ccc(SC(C)C(=O)Nc2ccc(C(=O)O)cc2)cc1. The summed E-state index contributed by atoms with van der Waals surface area (Å²) in [5, 5.41) is 14.2. The first-order valence-electron chi connectivity index (χ1n) is 9.61. The zero-order chi connectivity index (χ0) is 22.4. The van der Waals surface area contributed by atoms with Gasteiger partial charge in [-0.15, -0.1) is 11.8 Å². The number of rotatable bonds is 7. The highest BCUT2D eigenvalue weighted by Crippen LogP contribution is 2.26. The van der Waals surface area contributed by atoms with Crippen LogP contribution in [0.5, 0.6) is 0 Å². The van der Waals surface area contributed by atoms with E-state index in [1.165, 1.54) is 23.9 Å². The van der Waals surface area contributed by atoms with Crippen molar-refractivity contribution in [3.8, 4) is 0 Å². The summed E-state index contributed by atoms with van der Waals surface area (Å²) in [6.07, 6.45) is 0. The summed E-state index contributed by atoms with van der Waals surface area (Å²) in [6, 6.07) is 20.7. The van der Waals surface area contributed by atoms with Crippen LogP contribution in [0.3, 0.4) is 0 Å². The number of amides is 2. The lowest BCUT2D eigenvalue weighted by Crippen LogP contribution is -2.22. The third-order valence-corrected chi connectivity index (χ3v) is 5.70. The molecule has 2 amide bonds. The number of benzene rings is 3. The van der Waals surface area contributed by atoms with E-state index in [4.69, 9.17) is 5.11 Å². The van der Waals surface area contributed by atoms with Crippen molar-refractivity contribution < 1.29 is 19.5 Å². The Balaban J connectivity index is 1.56. The molecule has 3 N–H and O–H groups in total. The van der Waals surface area contributed by atoms with Gasteiger partial charge in [-0.25, -0.2) is 4.79 Å². The number of thioether (sulfide) groups is 1. The van der Waals surface area contributed by atoms with E-state index in [1.807, 2.05) is 37.3 Å². The molecule has 1 atom stereocenters. The number of hydrogen-bond acceptors (Lipinski definition) is 4. The summed E-state index contributed by atoms with van der Waals surface area (Å²) in [5.41, 5.74) is 2.91. The molecule has 0 aliphatic rings. The Morgan fingerprint density at radius 3 is 2.03 bits per heavy atom. The third-order valence-electron chi connectivity index (χ3n) is 4.58. The second-order valence-corrected chi connectivity index (χ2v) is 8.34. The number of aromatic carboxylic acids is 1. The number of carbonyl (C=O) groups is 3. The van der Waals surface area contributed by atoms with Gasteiger partial charge in [0.05, 0.1) is 10.8 Å². The first-order valence-corrected chi connectivity index (χ1v) is 10.5. The summed E-state index contributed by atoms with van der Waals surface area (Å²) < 4.78 is 0. The summed E-state index contributed by atoms with van der Waals surface area (Å²) in [7, 11) is 0. The Bertz CT molecular complexity index is 1100. The van der Waals surface area contributed by atoms with E-state index < -0.39 is 5.97 Å². The molecule has 0 heterocycles. The second-order valence-electron chi connectivity index (χ2n) is 6.93. The smallest absolute Gasteiger partial charge is 0.335 e. The molecule has 7 heteroatoms. The van der Waals surface area contributed by atoms with Gasteiger partial charge in [-0.3, -0.25) is 9.59 Å². The molecule has 0 spiro atoms. The van der Waals surface area contributed by atoms with E-state index >= 15 is 0 Å². The van der Waals surface area contributed by atoms with Crippen molar-refractivity contribution in [1.82, 2.24) is 0 Å². The molecule has 3 aromatic rings. The molecule has 0 saturated heterocycles. The number of carbonyl (C=O) groups excluding carboxylic acids is 2. The van der Waals surface area contributed by atoms with Crippen LogP contribution in [-0.4, -0.2) is 28.1 Å². The zero-order valence-electron chi connectivity index (χ0n) is 17.1. The molecule has 3 aromatic carbocycles. The lowest BCUT2D eigenvalue weighted by Gasteiger charge is -2.13. The molecule has 0 saturated carbocycles. The molecular weight excluding hydrogens is 412 g/mol. The Kier molecular flexibility index (Phi) is 7.10. The summed E-state index contributed by atoms with van der Waals surface area (Å²) in [6.45, 7) is 3.68. The first-order chi connectivity index (χ1) is 14.8. The number of carboxylic acids is 1. The number of carboxylic acid groups (broad SMARTS) is 1. The second kappa shape index (κ2) is 9.95. The standard InChI is InChI=1S/C24H22N2O4S/c1-15-5-3-4-6-21(15)23(28)26-19-11-13-20(14-12-19)31-16(2)22(27)25-18-9-7-17(8-10-18)24(29)30/h3-14,16H,1-2H3,(H,25,27)(H,26,28)(H,29,30). The Morgan fingerprint density at radius 2 is 1.42 bits per heavy atom. The molecule has 0 aromatic heterocycles. The minimum Gasteiger partial charge on any atom is -0.478 e. The maximum absolute atomic E-state index is 12.4. The van der Waals surface area contributed by atoms with Crippen LogP contribution in [-0.2, 0) is 4.79 Å². The van der Waals surface area contributed by atoms with Crippen LogP contribution in [0.25, 0.3) is 0 Å². The van der Waals surface area contributed by atoms with Gasteiger partial charge in [0.2, 0.25) is 5.91 Å². The average molecular weight is 435 g/mol. The fourth-order valence-electron chi connectivity index (χ4n) is 2.84. The molecule has 0 radical (unpaired) electrons. The molecule has 158 valence electrons. The maximum Gasteiger partial charge on any atom is 0.335 e. The quantitative estimate of drug-likeness (QED) is 0.452. The average Bonchev–Trinajstić information content (AvgIpc) is 2.75. The van der Waals surface area contributed by atoms with Crippen LogP contribution in [0.2, 0.25) is 0 Å². The molecule has 3 rings (SSSR count). The minimum absolute atomic E-state index is 0.162. The highest BCUT2D eigenvalue weighted by atomic mass is 32.2. The number of anilines is 2. The monoisotopic (exact) mass is 434 g/mol. The van der Waals surface area contributed by atoms with Crippen LogP contribution in [0.15, 0.2) is 77.7 Å². The lowest BCUT2D eigenvalue weighted by molar-refractivity contribution is -0.115. The minimum atomic E-state index is -1.01. The highest BCUT2D eigenvalue weighted by Gasteiger charge is 2.15. The van der Waals surface area contributed by atoms with Crippen molar-refractivity contribution in [2.45, 2.75) is 24.0 Å². The van der Waals surface area contributed by atoms with E-state index in [0.29, 0.717) is 16.9 Å². The molecule has 1 unspecified atom stereocenters. The van der Waals surface area contributed by atoms with Crippen LogP contribution in [0.4, 0.5) is 11.4 Å². The van der Waals surface area contributed by atoms with E-state index in [2.05, 4.69) is 10.6 Å². The van der Waals surface area contributed by atoms with Gasteiger partial charge in [0.25, 0.3) is 5.91 Å². The van der Waals surface area contributed by atoms with Crippen molar-refractivity contribution in [3.63, 3.8) is 0 Å². The molecule has 31 heavy (non-hydrogen) atoms. The molecular formula is C24H22N2O4S. The molecule has 0 fully saturated rings. The van der Waals surface area contributed by atoms with E-state index in [1.54, 1.807) is 37.3 Å². The highest BCUT2D eigenvalue weighted by molar-refractivity contribution is 8.00. The molecule has 0 bridgehead atoms. The van der Waals surface area contributed by atoms with Gasteiger partial charge in [0, 0.05) is 21.8 Å². The number of nitrogens with one attached hydrogen (secondary N) is 2. The topological polar surface area (TPSA) is 95.5 Å². The summed E-state index contributed by atoms with van der Waals surface area (Å²) in [4.78, 5) is 36.6. The summed E-state index contributed by atoms with van der Waals surface area (Å²) in [5.74, 6) is -1.37. The Hall–Kier alpha value is -3.58. The molecule has 0 aliphatic carbocycles. The van der Waals surface area contributed by atoms with Crippen LogP contribution in [0, 0.1) is 6.92 Å². The normalized spacial score (nSPS) is 11.4. The van der Waals surface area contributed by atoms with Gasteiger partial charge in [-0.05, 0) is 74.0 Å². The van der Waals surface area contributed by atoms with Gasteiger partial charge in [-0.2, -0.15) is 0 Å². The van der Waals surface area contributed by atoms with E-state index in [9.17, 15) is 14.4 Å². The van der Waals surface area contributed by atoms with Crippen molar-refractivity contribution in [2.24, 2.45) is 0 Å². The maximum atomic E-state index is 12.4. The van der Waals surface area contributed by atoms with E-state index in [0.717, 1.165) is 10.5 Å². The predicted octanol–water partition coefficient (Wildman–Crippen LogP) is 5.06. The van der Waals surface area contributed by atoms with Gasteiger partial charge in [0.1, 0.15) is 0 Å². The Morgan fingerprint density at radius 1 is 0.839 bits per heavy atom. The summed E-state index contributed by atoms with van der Waals surface area (Å²) >= 11 is 1.39. The molecule has 6 nitrogen and oxygen atoms in total. The van der Waals surface area contributed by atoms with Crippen molar-refractivity contribution in [1.29, 1.82) is 0 Å². The third kappa shape index (κ3) is 5.96. The predicted molar refractivity (Wildman–Crippen MR) is 123 cm³/mol. The number of aryl methyl sites for hydroxylation is 1. The Labute approximate surface area is 184 Å². The van der Waals surface area contributed by atoms with Gasteiger partial charge in [0.15, 0.2) is 0 Å². The van der Waals surface area contributed by atoms with Crippen LogP contribution < -0.4 is 10.6 Å². The van der Waals surface area contributed by atoms with Crippen molar-refractivity contribution in [3.05, 3.63) is 89.5 Å². The largest absolute Gasteiger partial charge is 0.478 e. The van der Waals surface area contributed by atoms with Crippen LogP contribution >= 0.6 is 11.8 Å². The van der Waals surface area contributed by atoms with E-state index in [-0.39, 0.29) is 22.6 Å². The lowest BCUT2D eigenvalue weighted by atomic mass is 10.1. The van der Waals surface area contributed by atoms with Gasteiger partial charge >= 0.3 is 5.97 Å². The van der Waals surface area contributed by atoms with Crippen molar-refractivity contribution in [2.75, 3.05) is 10.6 Å². The first kappa shape index (κ1) is 22.1. The van der Waals surface area contributed by atoms with Crippen molar-refractivity contribution >= 4 is 40.9 Å². The fraction of sp³-hybridized carbons (Fsp3) is 0.125. The fourth-order valence-corrected chi connectivity index (χ4v) is 3.71. The van der Waals surface area contributed by atoms with Gasteiger partial charge < -0.3 is 15.7 Å². The number of hydrogen-bond donors (Lipinski definition) is 3.